The highest BCUT2D eigenvalue weighted by molar-refractivity contribution is 7.98. The second-order valence-electron chi connectivity index (χ2n) is 8.12. The Morgan fingerprint density at radius 3 is 2.63 bits per heavy atom. The van der Waals surface area contributed by atoms with Crippen LogP contribution >= 0.6 is 11.8 Å². The van der Waals surface area contributed by atoms with Crippen LogP contribution in [0.25, 0.3) is 17.1 Å². The summed E-state index contributed by atoms with van der Waals surface area (Å²) in [5.74, 6) is 0.636. The van der Waals surface area contributed by atoms with Crippen LogP contribution in [-0.4, -0.2) is 31.7 Å². The summed E-state index contributed by atoms with van der Waals surface area (Å²) >= 11 is 1.30. The van der Waals surface area contributed by atoms with E-state index in [-0.39, 0.29) is 17.6 Å². The molecule has 0 aliphatic heterocycles. The van der Waals surface area contributed by atoms with E-state index in [1.54, 1.807) is 41.2 Å². The molecule has 4 aromatic rings. The minimum absolute atomic E-state index is 0.126. The van der Waals surface area contributed by atoms with Gasteiger partial charge >= 0.3 is 6.18 Å². The maximum absolute atomic E-state index is 13.4. The maximum atomic E-state index is 13.4. The van der Waals surface area contributed by atoms with Crippen LogP contribution in [0.3, 0.4) is 0 Å². The van der Waals surface area contributed by atoms with Gasteiger partial charge in [-0.25, -0.2) is 0 Å². The number of carbonyl (C=O) groups excluding carboxylic acids is 1. The maximum Gasteiger partial charge on any atom is 0.416 e. The Morgan fingerprint density at radius 2 is 1.89 bits per heavy atom. The molecule has 10 heteroatoms. The van der Waals surface area contributed by atoms with Crippen LogP contribution in [0.2, 0.25) is 0 Å². The van der Waals surface area contributed by atoms with Gasteiger partial charge in [0.2, 0.25) is 0 Å². The minimum atomic E-state index is -4.49. The van der Waals surface area contributed by atoms with Gasteiger partial charge in [-0.1, -0.05) is 36.0 Å². The summed E-state index contributed by atoms with van der Waals surface area (Å²) in [6, 6.07) is 16.1. The molecule has 0 bridgehead atoms. The van der Waals surface area contributed by atoms with Crippen LogP contribution in [0.1, 0.15) is 34.3 Å². The van der Waals surface area contributed by atoms with Crippen LogP contribution in [0.4, 0.5) is 13.2 Å². The summed E-state index contributed by atoms with van der Waals surface area (Å²) in [5.41, 5.74) is 1.51. The van der Waals surface area contributed by atoms with Crippen molar-refractivity contribution < 1.29 is 18.0 Å². The summed E-state index contributed by atoms with van der Waals surface area (Å²) in [6.45, 7) is 0. The fourth-order valence-electron chi connectivity index (χ4n) is 3.60. The zero-order valence-electron chi connectivity index (χ0n) is 18.4. The van der Waals surface area contributed by atoms with E-state index in [9.17, 15) is 18.0 Å². The number of hydrogen-bond donors (Lipinski definition) is 1. The van der Waals surface area contributed by atoms with Gasteiger partial charge in [-0.05, 0) is 54.8 Å². The highest BCUT2D eigenvalue weighted by atomic mass is 32.2. The van der Waals surface area contributed by atoms with Crippen molar-refractivity contribution in [3.63, 3.8) is 0 Å². The Bertz CT molecular complexity index is 1350. The molecule has 0 spiro atoms. The predicted molar refractivity (Wildman–Crippen MR) is 126 cm³/mol. The number of hydrogen-bond acceptors (Lipinski definition) is 5. The number of benzene rings is 2. The number of alkyl halides is 3. The average Bonchev–Trinajstić information content (AvgIpc) is 3.58. The first-order valence-corrected chi connectivity index (χ1v) is 11.9. The van der Waals surface area contributed by atoms with E-state index in [0.29, 0.717) is 27.9 Å². The normalized spacial score (nSPS) is 13.6. The molecular formula is C25H20F3N5OS. The molecule has 2 heterocycles. The Balaban J connectivity index is 1.50. The van der Waals surface area contributed by atoms with Gasteiger partial charge in [0.15, 0.2) is 11.0 Å². The second-order valence-corrected chi connectivity index (χ2v) is 9.07. The number of nitrogens with one attached hydrogen (secondary N) is 1. The molecule has 0 radical (unpaired) electrons. The molecule has 1 amide bonds. The van der Waals surface area contributed by atoms with Gasteiger partial charge in [0.1, 0.15) is 0 Å². The first-order chi connectivity index (χ1) is 16.9. The Labute approximate surface area is 203 Å². The lowest BCUT2D eigenvalue weighted by Crippen LogP contribution is -2.26. The fraction of sp³-hybridized carbons (Fsp3) is 0.200. The molecule has 1 N–H and O–H groups in total. The number of nitrogens with zero attached hydrogens (tertiary/aromatic N) is 4. The quantitative estimate of drug-likeness (QED) is 0.341. The van der Waals surface area contributed by atoms with Gasteiger partial charge in [-0.2, -0.15) is 13.2 Å². The number of thioether (sulfide) groups is 1. The van der Waals surface area contributed by atoms with Crippen molar-refractivity contribution in [2.24, 2.45) is 0 Å². The minimum Gasteiger partial charge on any atom is -0.349 e. The van der Waals surface area contributed by atoms with Crippen LogP contribution in [0.5, 0.6) is 0 Å². The van der Waals surface area contributed by atoms with Crippen LogP contribution < -0.4 is 5.32 Å². The molecule has 1 aliphatic rings. The van der Waals surface area contributed by atoms with E-state index in [2.05, 4.69) is 20.5 Å². The van der Waals surface area contributed by atoms with Crippen LogP contribution in [0.15, 0.2) is 78.2 Å². The molecule has 35 heavy (non-hydrogen) atoms. The third-order valence-electron chi connectivity index (χ3n) is 5.52. The predicted octanol–water partition coefficient (Wildman–Crippen LogP) is 5.53. The van der Waals surface area contributed by atoms with Crippen molar-refractivity contribution in [1.29, 1.82) is 0 Å². The fourth-order valence-corrected chi connectivity index (χ4v) is 4.56. The molecule has 1 aliphatic carbocycles. The number of rotatable bonds is 7. The number of aromatic nitrogens is 4. The number of amides is 1. The first kappa shape index (κ1) is 23.1. The van der Waals surface area contributed by atoms with Gasteiger partial charge in [0.25, 0.3) is 5.91 Å². The molecule has 2 aromatic heterocycles. The van der Waals surface area contributed by atoms with E-state index in [4.69, 9.17) is 0 Å². The van der Waals surface area contributed by atoms with Crippen molar-refractivity contribution in [3.05, 3.63) is 89.7 Å². The topological polar surface area (TPSA) is 72.7 Å². The number of carbonyl (C=O) groups is 1. The summed E-state index contributed by atoms with van der Waals surface area (Å²) < 4.78 is 41.9. The summed E-state index contributed by atoms with van der Waals surface area (Å²) in [6.07, 6.45) is 0.674. The van der Waals surface area contributed by atoms with Crippen molar-refractivity contribution in [2.75, 3.05) is 0 Å². The van der Waals surface area contributed by atoms with Gasteiger partial charge in [-0.15, -0.1) is 10.2 Å². The van der Waals surface area contributed by atoms with Gasteiger partial charge in [-0.3, -0.25) is 14.3 Å². The summed E-state index contributed by atoms with van der Waals surface area (Å²) in [5, 5.41) is 11.9. The lowest BCUT2D eigenvalue weighted by atomic mass is 10.1. The molecule has 5 rings (SSSR count). The molecule has 1 saturated carbocycles. The average molecular weight is 496 g/mol. The molecule has 2 aromatic carbocycles. The van der Waals surface area contributed by atoms with E-state index >= 15 is 0 Å². The Morgan fingerprint density at radius 1 is 1.06 bits per heavy atom. The molecule has 178 valence electrons. The van der Waals surface area contributed by atoms with Gasteiger partial charge in [0, 0.05) is 35.3 Å². The van der Waals surface area contributed by atoms with Crippen LogP contribution in [-0.2, 0) is 11.9 Å². The Kier molecular flexibility index (Phi) is 6.29. The highest BCUT2D eigenvalue weighted by Crippen LogP contribution is 2.34. The van der Waals surface area contributed by atoms with E-state index < -0.39 is 11.7 Å². The van der Waals surface area contributed by atoms with Crippen molar-refractivity contribution in [1.82, 2.24) is 25.1 Å². The molecule has 0 unspecified atom stereocenters. The summed E-state index contributed by atoms with van der Waals surface area (Å²) in [4.78, 5) is 16.8. The lowest BCUT2D eigenvalue weighted by molar-refractivity contribution is -0.137. The zero-order chi connectivity index (χ0) is 24.4. The van der Waals surface area contributed by atoms with Gasteiger partial charge < -0.3 is 5.32 Å². The second kappa shape index (κ2) is 9.53. The molecule has 1 fully saturated rings. The first-order valence-electron chi connectivity index (χ1n) is 10.9. The van der Waals surface area contributed by atoms with Crippen molar-refractivity contribution in [2.45, 2.75) is 36.0 Å². The van der Waals surface area contributed by atoms with Crippen molar-refractivity contribution >= 4 is 17.7 Å². The zero-order valence-corrected chi connectivity index (χ0v) is 19.2. The van der Waals surface area contributed by atoms with Crippen molar-refractivity contribution in [3.8, 4) is 17.1 Å². The molecule has 0 atom stereocenters. The third kappa shape index (κ3) is 5.22. The van der Waals surface area contributed by atoms with E-state index in [0.717, 1.165) is 30.5 Å². The smallest absolute Gasteiger partial charge is 0.349 e. The Hall–Kier alpha value is -3.66. The summed E-state index contributed by atoms with van der Waals surface area (Å²) in [7, 11) is 0. The molecule has 0 saturated heterocycles. The van der Waals surface area contributed by atoms with E-state index in [1.807, 2.05) is 18.2 Å². The molecular weight excluding hydrogens is 475 g/mol. The SMILES string of the molecule is O=C(NC1CC1)c1ccccc1CSc1nnc(-c2cccnc2)n1-c1cccc(C(F)(F)F)c1. The van der Waals surface area contributed by atoms with E-state index in [1.165, 1.54) is 17.8 Å². The standard InChI is InChI=1S/C25H20F3N5OS/c26-25(27,28)18-7-3-8-20(13-18)33-22(16-6-4-12-29-14-16)31-32-24(33)35-15-17-5-1-2-9-21(17)23(34)30-19-10-11-19/h1-9,12-14,19H,10-11,15H2,(H,30,34). The van der Waals surface area contributed by atoms with Crippen LogP contribution in [0, 0.1) is 0 Å². The highest BCUT2D eigenvalue weighted by Gasteiger charge is 2.31. The number of halogens is 3. The monoisotopic (exact) mass is 495 g/mol. The van der Waals surface area contributed by atoms with Gasteiger partial charge in [0.05, 0.1) is 11.3 Å². The lowest BCUT2D eigenvalue weighted by Gasteiger charge is -2.14. The largest absolute Gasteiger partial charge is 0.416 e. The molecule has 6 nitrogen and oxygen atoms in total. The number of pyridine rings is 1. The third-order valence-corrected chi connectivity index (χ3v) is 6.49.